The van der Waals surface area contributed by atoms with Crippen LogP contribution in [0.25, 0.3) is 16.7 Å². The first-order valence-electron chi connectivity index (χ1n) is 7.57. The van der Waals surface area contributed by atoms with Crippen LogP contribution in [-0.2, 0) is 9.53 Å². The van der Waals surface area contributed by atoms with Crippen LogP contribution in [0, 0.1) is 10.1 Å². The molecular weight excluding hydrogens is 340 g/mol. The molecule has 0 aliphatic heterocycles. The molecule has 1 atom stereocenters. The number of hydrogen-bond acceptors (Lipinski definition) is 7. The molecule has 1 heterocycles. The third-order valence-corrected chi connectivity index (χ3v) is 3.72. The van der Waals surface area contributed by atoms with Gasteiger partial charge < -0.3 is 9.84 Å². The van der Waals surface area contributed by atoms with E-state index < -0.39 is 17.0 Å². The van der Waals surface area contributed by atoms with Gasteiger partial charge in [0.05, 0.1) is 4.92 Å². The van der Waals surface area contributed by atoms with E-state index in [1.807, 2.05) is 0 Å². The van der Waals surface area contributed by atoms with Crippen molar-refractivity contribution >= 4 is 22.7 Å². The number of benzene rings is 2. The number of carbonyl (C=O) groups excluding carboxylic acids is 1. The van der Waals surface area contributed by atoms with Crippen LogP contribution in [-0.4, -0.2) is 31.0 Å². The Kier molecular flexibility index (Phi) is 4.36. The summed E-state index contributed by atoms with van der Waals surface area (Å²) >= 11 is 0. The van der Waals surface area contributed by atoms with E-state index in [0.29, 0.717) is 16.6 Å². The fourth-order valence-corrected chi connectivity index (χ4v) is 2.37. The van der Waals surface area contributed by atoms with Crippen LogP contribution in [0.1, 0.15) is 18.6 Å². The summed E-state index contributed by atoms with van der Waals surface area (Å²) in [5.74, 6) is -0.659. The first-order valence-corrected chi connectivity index (χ1v) is 7.57. The van der Waals surface area contributed by atoms with Crippen LogP contribution in [0.4, 0.5) is 5.69 Å². The molecule has 1 N–H and O–H groups in total. The van der Waals surface area contributed by atoms with Gasteiger partial charge in [0.15, 0.2) is 0 Å². The summed E-state index contributed by atoms with van der Waals surface area (Å²) < 4.78 is 5.15. The highest BCUT2D eigenvalue weighted by atomic mass is 16.6. The molecule has 9 nitrogen and oxygen atoms in total. The van der Waals surface area contributed by atoms with E-state index in [-0.39, 0.29) is 17.1 Å². The van der Waals surface area contributed by atoms with E-state index in [1.54, 1.807) is 19.1 Å². The van der Waals surface area contributed by atoms with Gasteiger partial charge in [0.1, 0.15) is 28.6 Å². The maximum atomic E-state index is 11.3. The predicted molar refractivity (Wildman–Crippen MR) is 91.9 cm³/mol. The average molecular weight is 354 g/mol. The minimum Gasteiger partial charge on any atom is -0.506 e. The third kappa shape index (κ3) is 3.22. The van der Waals surface area contributed by atoms with Crippen molar-refractivity contribution in [3.63, 3.8) is 0 Å². The zero-order valence-electron chi connectivity index (χ0n) is 13.7. The van der Waals surface area contributed by atoms with Gasteiger partial charge in [-0.25, -0.2) is 4.79 Å². The zero-order chi connectivity index (χ0) is 18.8. The van der Waals surface area contributed by atoms with E-state index in [1.165, 1.54) is 29.1 Å². The fraction of sp³-hybridized carbons (Fsp3) is 0.118. The molecule has 132 valence electrons. The molecule has 0 aliphatic carbocycles. The molecule has 0 aliphatic rings. The molecule has 0 saturated carbocycles. The van der Waals surface area contributed by atoms with E-state index in [9.17, 15) is 20.0 Å². The molecule has 26 heavy (non-hydrogen) atoms. The number of hydrogen-bond donors (Lipinski definition) is 1. The molecule has 1 unspecified atom stereocenters. The lowest BCUT2D eigenvalue weighted by molar-refractivity contribution is -0.384. The first-order chi connectivity index (χ1) is 12.4. The highest BCUT2D eigenvalue weighted by molar-refractivity contribution is 5.81. The number of fused-ring (bicyclic) bond motifs is 1. The Labute approximate surface area is 147 Å². The largest absolute Gasteiger partial charge is 0.506 e. The summed E-state index contributed by atoms with van der Waals surface area (Å²) in [6.45, 7) is 5.02. The summed E-state index contributed by atoms with van der Waals surface area (Å²) in [4.78, 5) is 22.9. The fourth-order valence-electron chi connectivity index (χ4n) is 2.37. The maximum Gasteiger partial charge on any atom is 0.330 e. The van der Waals surface area contributed by atoms with Crippen molar-refractivity contribution in [2.24, 2.45) is 0 Å². The van der Waals surface area contributed by atoms with Gasteiger partial charge >= 0.3 is 5.97 Å². The zero-order valence-corrected chi connectivity index (χ0v) is 13.7. The average Bonchev–Trinajstić information content (AvgIpc) is 3.04. The van der Waals surface area contributed by atoms with E-state index in [4.69, 9.17) is 4.74 Å². The Bertz CT molecular complexity index is 1030. The van der Waals surface area contributed by atoms with Crippen molar-refractivity contribution in [1.82, 2.24) is 15.0 Å². The number of phenolic OH excluding ortho intramolecular Hbond substituents is 1. The van der Waals surface area contributed by atoms with Gasteiger partial charge in [-0.1, -0.05) is 12.6 Å². The monoisotopic (exact) mass is 354 g/mol. The number of rotatable bonds is 5. The molecule has 0 fully saturated rings. The number of nitrogens with zero attached hydrogens (tertiary/aromatic N) is 4. The van der Waals surface area contributed by atoms with Crippen molar-refractivity contribution in [2.45, 2.75) is 13.0 Å². The molecule has 3 rings (SSSR count). The normalized spacial score (nSPS) is 11.9. The van der Waals surface area contributed by atoms with Gasteiger partial charge in [0.2, 0.25) is 0 Å². The standard InChI is InChI=1S/C17H14N4O5/c1-3-17(23)26-10(2)11-4-7-16(22)15(8-11)20-18-13-6-5-12(21(24)25)9-14(13)19-20/h3-10,22H,1H2,2H3. The molecule has 0 spiro atoms. The SMILES string of the molecule is C=CC(=O)OC(C)c1ccc(O)c(-n2nc3ccc([N+](=O)[O-])cc3n2)c1. The number of nitro groups is 1. The highest BCUT2D eigenvalue weighted by Crippen LogP contribution is 2.28. The summed E-state index contributed by atoms with van der Waals surface area (Å²) in [5, 5.41) is 29.4. The molecule has 9 heteroatoms. The van der Waals surface area contributed by atoms with Crippen LogP contribution in [0.15, 0.2) is 49.1 Å². The van der Waals surface area contributed by atoms with Gasteiger partial charge in [0.25, 0.3) is 5.69 Å². The highest BCUT2D eigenvalue weighted by Gasteiger charge is 2.16. The molecule has 3 aromatic rings. The van der Waals surface area contributed by atoms with Gasteiger partial charge in [-0.15, -0.1) is 15.0 Å². The summed E-state index contributed by atoms with van der Waals surface area (Å²) in [6, 6.07) is 8.71. The molecule has 2 aromatic carbocycles. The topological polar surface area (TPSA) is 120 Å². The molecule has 0 bridgehead atoms. The van der Waals surface area contributed by atoms with Crippen molar-refractivity contribution in [1.29, 1.82) is 0 Å². The van der Waals surface area contributed by atoms with Crippen molar-refractivity contribution in [3.05, 3.63) is 64.7 Å². The third-order valence-electron chi connectivity index (χ3n) is 3.72. The van der Waals surface area contributed by atoms with Gasteiger partial charge in [0, 0.05) is 18.2 Å². The Morgan fingerprint density at radius 3 is 2.73 bits per heavy atom. The lowest BCUT2D eigenvalue weighted by Crippen LogP contribution is -2.07. The lowest BCUT2D eigenvalue weighted by atomic mass is 10.1. The smallest absolute Gasteiger partial charge is 0.330 e. The predicted octanol–water partition coefficient (Wildman–Crippen LogP) is 2.82. The number of phenols is 1. The minimum absolute atomic E-state index is 0.0918. The summed E-state index contributed by atoms with van der Waals surface area (Å²) in [7, 11) is 0. The van der Waals surface area contributed by atoms with Crippen molar-refractivity contribution in [3.8, 4) is 11.4 Å². The number of ether oxygens (including phenoxy) is 1. The molecule has 1 aromatic heterocycles. The number of aromatic hydroxyl groups is 1. The van der Waals surface area contributed by atoms with E-state index in [2.05, 4.69) is 16.8 Å². The second kappa shape index (κ2) is 6.63. The van der Waals surface area contributed by atoms with Crippen LogP contribution in [0.5, 0.6) is 5.75 Å². The van der Waals surface area contributed by atoms with Crippen molar-refractivity contribution in [2.75, 3.05) is 0 Å². The Hall–Kier alpha value is -3.75. The number of nitro benzene ring substituents is 1. The van der Waals surface area contributed by atoms with E-state index >= 15 is 0 Å². The van der Waals surface area contributed by atoms with Crippen LogP contribution in [0.2, 0.25) is 0 Å². The molecular formula is C17H14N4O5. The Balaban J connectivity index is 2.01. The molecule has 0 radical (unpaired) electrons. The Morgan fingerprint density at radius 1 is 1.31 bits per heavy atom. The van der Waals surface area contributed by atoms with Gasteiger partial charge in [-0.05, 0) is 30.7 Å². The van der Waals surface area contributed by atoms with Crippen LogP contribution in [0.3, 0.4) is 0 Å². The molecule has 0 saturated heterocycles. The lowest BCUT2D eigenvalue weighted by Gasteiger charge is -2.13. The van der Waals surface area contributed by atoms with Crippen LogP contribution >= 0.6 is 0 Å². The second-order valence-electron chi connectivity index (χ2n) is 5.45. The Morgan fingerprint density at radius 2 is 2.04 bits per heavy atom. The van der Waals surface area contributed by atoms with Crippen LogP contribution < -0.4 is 0 Å². The number of esters is 1. The molecule has 0 amide bonds. The van der Waals surface area contributed by atoms with Gasteiger partial charge in [-0.3, -0.25) is 10.1 Å². The summed E-state index contributed by atoms with van der Waals surface area (Å²) in [5.41, 5.74) is 1.51. The van der Waals surface area contributed by atoms with Crippen molar-refractivity contribution < 1.29 is 19.6 Å². The number of aromatic nitrogens is 3. The van der Waals surface area contributed by atoms with Gasteiger partial charge in [-0.2, -0.15) is 0 Å². The van der Waals surface area contributed by atoms with E-state index in [0.717, 1.165) is 6.08 Å². The number of carbonyl (C=O) groups is 1. The first kappa shape index (κ1) is 17.1. The minimum atomic E-state index is -0.578. The quantitative estimate of drug-likeness (QED) is 0.324. The maximum absolute atomic E-state index is 11.3. The number of non-ortho nitro benzene ring substituents is 1. The summed E-state index contributed by atoms with van der Waals surface area (Å²) in [6.07, 6.45) is 0.484. The second-order valence-corrected chi connectivity index (χ2v) is 5.45.